The van der Waals surface area contributed by atoms with E-state index in [1.807, 2.05) is 12.1 Å². The molecule has 1 aromatic heterocycles. The molecule has 2 nitrogen and oxygen atoms in total. The number of halogens is 1. The van der Waals surface area contributed by atoms with Crippen LogP contribution < -0.4 is 5.32 Å². The lowest BCUT2D eigenvalue weighted by atomic mass is 9.93. The number of aromatic nitrogens is 1. The van der Waals surface area contributed by atoms with E-state index in [1.165, 1.54) is 30.2 Å². The molecule has 2 aromatic rings. The minimum Gasteiger partial charge on any atom is -0.361 e. The van der Waals surface area contributed by atoms with Gasteiger partial charge in [0.25, 0.3) is 0 Å². The van der Waals surface area contributed by atoms with E-state index < -0.39 is 0 Å². The molecule has 1 aliphatic rings. The Morgan fingerprint density at radius 2 is 2.20 bits per heavy atom. The molecule has 0 aliphatic heterocycles. The minimum atomic E-state index is 0.664. The standard InChI is InChI=1S/C17H23ClN2/c1-3-12-4-7-16(11(12)2)19-9-13-10-20-17-8-14(18)5-6-15(13)17/h5-6,8,10-12,16,19-20H,3-4,7,9H2,1-2H3. The Hall–Kier alpha value is -0.990. The SMILES string of the molecule is CCC1CCC(NCc2c[nH]c3cc(Cl)ccc23)C1C. The average molecular weight is 291 g/mol. The zero-order valence-electron chi connectivity index (χ0n) is 12.2. The van der Waals surface area contributed by atoms with E-state index in [-0.39, 0.29) is 0 Å². The van der Waals surface area contributed by atoms with Gasteiger partial charge < -0.3 is 10.3 Å². The van der Waals surface area contributed by atoms with Crippen LogP contribution in [-0.2, 0) is 6.54 Å². The van der Waals surface area contributed by atoms with Gasteiger partial charge in [-0.05, 0) is 42.4 Å². The Kier molecular flexibility index (Phi) is 4.04. The number of hydrogen-bond donors (Lipinski definition) is 2. The normalized spacial score (nSPS) is 26.4. The summed E-state index contributed by atoms with van der Waals surface area (Å²) in [6.07, 6.45) is 6.10. The summed E-state index contributed by atoms with van der Waals surface area (Å²) in [4.78, 5) is 3.31. The summed E-state index contributed by atoms with van der Waals surface area (Å²) in [6, 6.07) is 6.73. The Bertz CT molecular complexity index is 590. The lowest BCUT2D eigenvalue weighted by molar-refractivity contribution is 0.344. The van der Waals surface area contributed by atoms with Crippen molar-refractivity contribution in [2.45, 2.75) is 45.7 Å². The summed E-state index contributed by atoms with van der Waals surface area (Å²) in [5.41, 5.74) is 2.46. The first kappa shape index (κ1) is 14.0. The van der Waals surface area contributed by atoms with Gasteiger partial charge in [0.05, 0.1) is 0 Å². The summed E-state index contributed by atoms with van der Waals surface area (Å²) in [5.74, 6) is 1.69. The van der Waals surface area contributed by atoms with Crippen LogP contribution in [0.25, 0.3) is 10.9 Å². The Morgan fingerprint density at radius 3 is 2.95 bits per heavy atom. The van der Waals surface area contributed by atoms with Crippen LogP contribution in [0, 0.1) is 11.8 Å². The van der Waals surface area contributed by atoms with Crippen LogP contribution in [-0.4, -0.2) is 11.0 Å². The minimum absolute atomic E-state index is 0.664. The smallest absolute Gasteiger partial charge is 0.0472 e. The van der Waals surface area contributed by atoms with Crippen LogP contribution in [0.5, 0.6) is 0 Å². The summed E-state index contributed by atoms with van der Waals surface area (Å²) >= 11 is 6.02. The van der Waals surface area contributed by atoms with Crippen LogP contribution in [0.2, 0.25) is 5.02 Å². The van der Waals surface area contributed by atoms with Crippen molar-refractivity contribution in [1.82, 2.24) is 10.3 Å². The van der Waals surface area contributed by atoms with E-state index >= 15 is 0 Å². The maximum absolute atomic E-state index is 6.02. The molecule has 1 aromatic carbocycles. The van der Waals surface area contributed by atoms with Gasteiger partial charge in [-0.1, -0.05) is 37.9 Å². The van der Waals surface area contributed by atoms with Gasteiger partial charge in [0.2, 0.25) is 0 Å². The van der Waals surface area contributed by atoms with E-state index in [9.17, 15) is 0 Å². The van der Waals surface area contributed by atoms with Crippen LogP contribution in [0.1, 0.15) is 38.7 Å². The van der Waals surface area contributed by atoms with E-state index in [4.69, 9.17) is 11.6 Å². The number of H-pyrrole nitrogens is 1. The van der Waals surface area contributed by atoms with Gasteiger partial charge in [-0.3, -0.25) is 0 Å². The predicted octanol–water partition coefficient (Wildman–Crippen LogP) is 4.74. The Balaban J connectivity index is 1.68. The van der Waals surface area contributed by atoms with Crippen molar-refractivity contribution in [3.8, 4) is 0 Å². The maximum atomic E-state index is 6.02. The molecule has 1 saturated carbocycles. The molecule has 0 spiro atoms. The number of benzene rings is 1. The Morgan fingerprint density at radius 1 is 1.35 bits per heavy atom. The first-order chi connectivity index (χ1) is 9.69. The van der Waals surface area contributed by atoms with Gasteiger partial charge in [0.1, 0.15) is 0 Å². The number of nitrogens with one attached hydrogen (secondary N) is 2. The largest absolute Gasteiger partial charge is 0.361 e. The fourth-order valence-corrected chi connectivity index (χ4v) is 3.83. The first-order valence-electron chi connectivity index (χ1n) is 7.68. The maximum Gasteiger partial charge on any atom is 0.0472 e. The third-order valence-corrected chi connectivity index (χ3v) is 5.27. The van der Waals surface area contributed by atoms with Crippen molar-refractivity contribution < 1.29 is 0 Å². The molecule has 3 heteroatoms. The molecule has 3 unspecified atom stereocenters. The van der Waals surface area contributed by atoms with E-state index in [1.54, 1.807) is 0 Å². The van der Waals surface area contributed by atoms with Crippen molar-refractivity contribution in [2.24, 2.45) is 11.8 Å². The van der Waals surface area contributed by atoms with Gasteiger partial charge in [0.15, 0.2) is 0 Å². The van der Waals surface area contributed by atoms with Crippen molar-refractivity contribution in [3.05, 3.63) is 35.0 Å². The fourth-order valence-electron chi connectivity index (χ4n) is 3.66. The second-order valence-corrected chi connectivity index (χ2v) is 6.53. The molecular weight excluding hydrogens is 268 g/mol. The van der Waals surface area contributed by atoms with Crippen LogP contribution in [0.4, 0.5) is 0 Å². The second kappa shape index (κ2) is 5.79. The summed E-state index contributed by atoms with van der Waals surface area (Å²) < 4.78 is 0. The molecule has 0 amide bonds. The molecule has 0 radical (unpaired) electrons. The molecule has 0 saturated heterocycles. The summed E-state index contributed by atoms with van der Waals surface area (Å²) in [7, 11) is 0. The second-order valence-electron chi connectivity index (χ2n) is 6.10. The molecule has 3 rings (SSSR count). The number of hydrogen-bond acceptors (Lipinski definition) is 1. The van der Waals surface area contributed by atoms with Crippen LogP contribution in [0.3, 0.4) is 0 Å². The van der Waals surface area contributed by atoms with Gasteiger partial charge in [0, 0.05) is 34.7 Å². The molecular formula is C17H23ClN2. The topological polar surface area (TPSA) is 27.8 Å². The predicted molar refractivity (Wildman–Crippen MR) is 86.1 cm³/mol. The fraction of sp³-hybridized carbons (Fsp3) is 0.529. The number of rotatable bonds is 4. The van der Waals surface area contributed by atoms with Crippen LogP contribution in [0.15, 0.2) is 24.4 Å². The van der Waals surface area contributed by atoms with Crippen molar-refractivity contribution in [3.63, 3.8) is 0 Å². The quantitative estimate of drug-likeness (QED) is 0.836. The molecule has 108 valence electrons. The van der Waals surface area contributed by atoms with Gasteiger partial charge in [-0.25, -0.2) is 0 Å². The monoisotopic (exact) mass is 290 g/mol. The van der Waals surface area contributed by atoms with Crippen molar-refractivity contribution in [1.29, 1.82) is 0 Å². The first-order valence-corrected chi connectivity index (χ1v) is 8.05. The van der Waals surface area contributed by atoms with Crippen molar-refractivity contribution >= 4 is 22.5 Å². The highest BCUT2D eigenvalue weighted by atomic mass is 35.5. The van der Waals surface area contributed by atoms with Gasteiger partial charge in [-0.2, -0.15) is 0 Å². The third kappa shape index (κ3) is 2.59. The summed E-state index contributed by atoms with van der Waals surface area (Å²) in [6.45, 7) is 5.65. The van der Waals surface area contributed by atoms with E-state index in [2.05, 4.69) is 36.4 Å². The third-order valence-electron chi connectivity index (χ3n) is 5.04. The highest BCUT2D eigenvalue weighted by molar-refractivity contribution is 6.31. The van der Waals surface area contributed by atoms with Crippen LogP contribution >= 0.6 is 11.6 Å². The Labute approximate surface area is 125 Å². The zero-order chi connectivity index (χ0) is 14.1. The van der Waals surface area contributed by atoms with Crippen molar-refractivity contribution in [2.75, 3.05) is 0 Å². The average Bonchev–Trinajstić information content (AvgIpc) is 3.00. The lowest BCUT2D eigenvalue weighted by Gasteiger charge is -2.21. The molecule has 1 fully saturated rings. The molecule has 3 atom stereocenters. The number of fused-ring (bicyclic) bond motifs is 1. The molecule has 0 bridgehead atoms. The highest BCUT2D eigenvalue weighted by Gasteiger charge is 2.30. The molecule has 1 aliphatic carbocycles. The molecule has 20 heavy (non-hydrogen) atoms. The van der Waals surface area contributed by atoms with E-state index in [0.717, 1.165) is 28.9 Å². The zero-order valence-corrected chi connectivity index (χ0v) is 13.0. The van der Waals surface area contributed by atoms with E-state index in [0.29, 0.717) is 6.04 Å². The van der Waals surface area contributed by atoms with Gasteiger partial charge >= 0.3 is 0 Å². The highest BCUT2D eigenvalue weighted by Crippen LogP contribution is 2.34. The summed E-state index contributed by atoms with van der Waals surface area (Å²) in [5, 5.41) is 5.82. The molecule has 1 heterocycles. The van der Waals surface area contributed by atoms with Gasteiger partial charge in [-0.15, -0.1) is 0 Å². The lowest BCUT2D eigenvalue weighted by Crippen LogP contribution is -2.32. The molecule has 2 N–H and O–H groups in total. The number of aromatic amines is 1.